The average molecular weight is 192 g/mol. The zero-order chi connectivity index (χ0) is 9.97. The van der Waals surface area contributed by atoms with Crippen molar-refractivity contribution in [1.82, 2.24) is 15.3 Å². The molecule has 0 atom stereocenters. The van der Waals surface area contributed by atoms with E-state index in [4.69, 9.17) is 0 Å². The molecule has 0 saturated heterocycles. The zero-order valence-corrected chi connectivity index (χ0v) is 8.75. The van der Waals surface area contributed by atoms with Crippen LogP contribution in [0.15, 0.2) is 6.33 Å². The maximum Gasteiger partial charge on any atom is 0.136 e. The van der Waals surface area contributed by atoms with Crippen molar-refractivity contribution in [2.75, 3.05) is 18.0 Å². The van der Waals surface area contributed by atoms with Gasteiger partial charge in [0.25, 0.3) is 0 Å². The lowest BCUT2D eigenvalue weighted by Gasteiger charge is -2.21. The summed E-state index contributed by atoms with van der Waals surface area (Å²) in [5.74, 6) is 1.10. The van der Waals surface area contributed by atoms with Gasteiger partial charge in [-0.05, 0) is 13.8 Å². The Kier molecular flexibility index (Phi) is 2.63. The third-order valence-corrected chi connectivity index (χ3v) is 2.67. The van der Waals surface area contributed by atoms with Crippen LogP contribution in [0.5, 0.6) is 0 Å². The minimum Gasteiger partial charge on any atom is -0.357 e. The number of nitrogens with one attached hydrogen (secondary N) is 1. The molecule has 0 aliphatic carbocycles. The zero-order valence-electron chi connectivity index (χ0n) is 8.75. The first-order chi connectivity index (χ1) is 6.86. The van der Waals surface area contributed by atoms with Gasteiger partial charge in [-0.15, -0.1) is 0 Å². The minimum absolute atomic E-state index is 0.881. The highest BCUT2D eigenvalue weighted by atomic mass is 15.2. The summed E-state index contributed by atoms with van der Waals surface area (Å²) >= 11 is 0. The lowest BCUT2D eigenvalue weighted by Crippen LogP contribution is -2.24. The predicted molar refractivity (Wildman–Crippen MR) is 56.1 cm³/mol. The van der Waals surface area contributed by atoms with Crippen molar-refractivity contribution in [3.63, 3.8) is 0 Å². The molecule has 0 radical (unpaired) electrons. The Morgan fingerprint density at radius 1 is 1.29 bits per heavy atom. The van der Waals surface area contributed by atoms with Crippen LogP contribution in [0.3, 0.4) is 0 Å². The van der Waals surface area contributed by atoms with Crippen LogP contribution in [-0.2, 0) is 13.1 Å². The molecule has 1 aliphatic rings. The van der Waals surface area contributed by atoms with E-state index in [0.717, 1.165) is 37.7 Å². The van der Waals surface area contributed by atoms with Crippen molar-refractivity contribution >= 4 is 5.82 Å². The number of hydrogen-bond acceptors (Lipinski definition) is 4. The van der Waals surface area contributed by atoms with Crippen molar-refractivity contribution in [1.29, 1.82) is 0 Å². The van der Waals surface area contributed by atoms with E-state index in [0.29, 0.717) is 0 Å². The number of nitrogens with zero attached hydrogens (tertiary/aromatic N) is 3. The second-order valence-corrected chi connectivity index (χ2v) is 3.40. The molecule has 1 aromatic heterocycles. The third-order valence-electron chi connectivity index (χ3n) is 2.67. The van der Waals surface area contributed by atoms with Crippen LogP contribution in [0.1, 0.15) is 25.1 Å². The Morgan fingerprint density at radius 3 is 2.79 bits per heavy atom. The molecule has 76 valence electrons. The molecule has 4 heteroatoms. The van der Waals surface area contributed by atoms with Crippen LogP contribution in [-0.4, -0.2) is 23.1 Å². The number of anilines is 1. The third kappa shape index (κ3) is 1.46. The fraction of sp³-hybridized carbons (Fsp3) is 0.600. The van der Waals surface area contributed by atoms with E-state index >= 15 is 0 Å². The van der Waals surface area contributed by atoms with E-state index in [-0.39, 0.29) is 0 Å². The lowest BCUT2D eigenvalue weighted by atomic mass is 10.2. The SMILES string of the molecule is CCN(CC)c1ncnc2c1CNC2. The summed E-state index contributed by atoms with van der Waals surface area (Å²) < 4.78 is 0. The van der Waals surface area contributed by atoms with Gasteiger partial charge in [-0.3, -0.25) is 0 Å². The Labute approximate surface area is 84.4 Å². The van der Waals surface area contributed by atoms with Gasteiger partial charge in [-0.2, -0.15) is 0 Å². The highest BCUT2D eigenvalue weighted by Gasteiger charge is 2.18. The number of aromatic nitrogens is 2. The number of hydrogen-bond donors (Lipinski definition) is 1. The molecule has 0 bridgehead atoms. The highest BCUT2D eigenvalue weighted by molar-refractivity contribution is 5.49. The van der Waals surface area contributed by atoms with E-state index in [9.17, 15) is 0 Å². The molecule has 4 nitrogen and oxygen atoms in total. The van der Waals surface area contributed by atoms with Crippen molar-refractivity contribution in [3.8, 4) is 0 Å². The summed E-state index contributed by atoms with van der Waals surface area (Å²) in [4.78, 5) is 10.9. The summed E-state index contributed by atoms with van der Waals surface area (Å²) in [5.41, 5.74) is 2.43. The molecule has 1 aromatic rings. The Hall–Kier alpha value is -1.16. The molecule has 1 aliphatic heterocycles. The minimum atomic E-state index is 0.881. The van der Waals surface area contributed by atoms with Crippen LogP contribution in [0.4, 0.5) is 5.82 Å². The first-order valence-corrected chi connectivity index (χ1v) is 5.15. The molecule has 2 heterocycles. The molecule has 0 fully saturated rings. The van der Waals surface area contributed by atoms with E-state index in [1.165, 1.54) is 5.56 Å². The van der Waals surface area contributed by atoms with Gasteiger partial charge in [0, 0.05) is 31.7 Å². The van der Waals surface area contributed by atoms with Gasteiger partial charge in [-0.1, -0.05) is 0 Å². The maximum absolute atomic E-state index is 4.37. The van der Waals surface area contributed by atoms with Crippen LogP contribution >= 0.6 is 0 Å². The number of rotatable bonds is 3. The topological polar surface area (TPSA) is 41.1 Å². The van der Waals surface area contributed by atoms with Gasteiger partial charge in [-0.25, -0.2) is 9.97 Å². The van der Waals surface area contributed by atoms with E-state index in [2.05, 4.69) is 34.0 Å². The summed E-state index contributed by atoms with van der Waals surface area (Å²) in [5, 5.41) is 3.30. The summed E-state index contributed by atoms with van der Waals surface area (Å²) in [6.45, 7) is 8.09. The average Bonchev–Trinajstić information content (AvgIpc) is 2.68. The molecule has 0 saturated carbocycles. The highest BCUT2D eigenvalue weighted by Crippen LogP contribution is 2.22. The monoisotopic (exact) mass is 192 g/mol. The molecule has 0 unspecified atom stereocenters. The molecule has 1 N–H and O–H groups in total. The van der Waals surface area contributed by atoms with Gasteiger partial charge in [0.05, 0.1) is 5.69 Å². The first-order valence-electron chi connectivity index (χ1n) is 5.15. The fourth-order valence-electron chi connectivity index (χ4n) is 1.87. The molecule has 2 rings (SSSR count). The van der Waals surface area contributed by atoms with Crippen LogP contribution in [0, 0.1) is 0 Å². The Bertz CT molecular complexity index is 320. The van der Waals surface area contributed by atoms with Crippen LogP contribution < -0.4 is 10.2 Å². The first kappa shape index (κ1) is 9.40. The van der Waals surface area contributed by atoms with Gasteiger partial charge >= 0.3 is 0 Å². The molecular formula is C10H16N4. The summed E-state index contributed by atoms with van der Waals surface area (Å²) in [7, 11) is 0. The van der Waals surface area contributed by atoms with Crippen molar-refractivity contribution in [2.24, 2.45) is 0 Å². The largest absolute Gasteiger partial charge is 0.357 e. The normalized spacial score (nSPS) is 14.1. The van der Waals surface area contributed by atoms with Gasteiger partial charge in [0.15, 0.2) is 0 Å². The Morgan fingerprint density at radius 2 is 2.07 bits per heavy atom. The fourth-order valence-corrected chi connectivity index (χ4v) is 1.87. The predicted octanol–water partition coefficient (Wildman–Crippen LogP) is 0.926. The van der Waals surface area contributed by atoms with E-state index in [1.54, 1.807) is 6.33 Å². The summed E-state index contributed by atoms with van der Waals surface area (Å²) in [6, 6.07) is 0. The van der Waals surface area contributed by atoms with Gasteiger partial charge in [0.2, 0.25) is 0 Å². The lowest BCUT2D eigenvalue weighted by molar-refractivity contribution is 0.755. The van der Waals surface area contributed by atoms with E-state index in [1.807, 2.05) is 0 Å². The molecule has 0 amide bonds. The van der Waals surface area contributed by atoms with E-state index < -0.39 is 0 Å². The van der Waals surface area contributed by atoms with Gasteiger partial charge < -0.3 is 10.2 Å². The molecule has 0 spiro atoms. The summed E-state index contributed by atoms with van der Waals surface area (Å²) in [6.07, 6.45) is 1.67. The smallest absolute Gasteiger partial charge is 0.136 e. The maximum atomic E-state index is 4.37. The van der Waals surface area contributed by atoms with Gasteiger partial charge in [0.1, 0.15) is 12.1 Å². The van der Waals surface area contributed by atoms with Crippen molar-refractivity contribution in [3.05, 3.63) is 17.6 Å². The quantitative estimate of drug-likeness (QED) is 0.773. The molecular weight excluding hydrogens is 176 g/mol. The number of fused-ring (bicyclic) bond motifs is 1. The second-order valence-electron chi connectivity index (χ2n) is 3.40. The van der Waals surface area contributed by atoms with Crippen molar-refractivity contribution in [2.45, 2.75) is 26.9 Å². The molecule has 14 heavy (non-hydrogen) atoms. The van der Waals surface area contributed by atoms with Crippen molar-refractivity contribution < 1.29 is 0 Å². The standard InChI is InChI=1S/C10H16N4/c1-3-14(4-2)10-8-5-11-6-9(8)12-7-13-10/h7,11H,3-6H2,1-2H3. The van der Waals surface area contributed by atoms with Crippen LogP contribution in [0.25, 0.3) is 0 Å². The molecule has 0 aromatic carbocycles. The second kappa shape index (κ2) is 3.92. The Balaban J connectivity index is 2.38. The van der Waals surface area contributed by atoms with Crippen LogP contribution in [0.2, 0.25) is 0 Å².